The largest absolute Gasteiger partial charge is 0.355 e. The lowest BCUT2D eigenvalue weighted by atomic mass is 10.1. The van der Waals surface area contributed by atoms with E-state index in [1.54, 1.807) is 63.2 Å². The van der Waals surface area contributed by atoms with Gasteiger partial charge in [-0.1, -0.05) is 71.6 Å². The van der Waals surface area contributed by atoms with Crippen molar-refractivity contribution in [2.24, 2.45) is 0 Å². The van der Waals surface area contributed by atoms with Crippen molar-refractivity contribution < 1.29 is 18.0 Å². The van der Waals surface area contributed by atoms with Gasteiger partial charge in [-0.05, 0) is 70.0 Å². The summed E-state index contributed by atoms with van der Waals surface area (Å²) >= 11 is 12.9. The van der Waals surface area contributed by atoms with E-state index in [4.69, 9.17) is 23.2 Å². The van der Waals surface area contributed by atoms with Crippen LogP contribution in [0.3, 0.4) is 0 Å². The third-order valence-corrected chi connectivity index (χ3v) is 9.12. The van der Waals surface area contributed by atoms with Gasteiger partial charge in [0.1, 0.15) is 12.6 Å². The van der Waals surface area contributed by atoms with Gasteiger partial charge in [0, 0.05) is 28.7 Å². The van der Waals surface area contributed by atoms with Gasteiger partial charge in [-0.2, -0.15) is 0 Å². The second-order valence-corrected chi connectivity index (χ2v) is 12.3. The van der Waals surface area contributed by atoms with Crippen LogP contribution in [-0.2, 0) is 26.2 Å². The Kier molecular flexibility index (Phi) is 10.6. The first-order valence-electron chi connectivity index (χ1n) is 13.1. The number of hydrogen-bond donors (Lipinski definition) is 1. The Labute approximate surface area is 247 Å². The fraction of sp³-hybridized carbons (Fsp3) is 0.333. The number of anilines is 1. The molecule has 0 aliphatic heterocycles. The number of carbonyl (C=O) groups excluding carboxylic acids is 2. The monoisotopic (exact) mass is 603 g/mol. The Hall–Kier alpha value is -3.07. The number of aryl methyl sites for hydroxylation is 3. The van der Waals surface area contributed by atoms with Crippen LogP contribution in [-0.4, -0.2) is 44.3 Å². The number of carbonyl (C=O) groups is 2. The molecule has 0 aromatic heterocycles. The zero-order chi connectivity index (χ0) is 29.6. The first-order valence-corrected chi connectivity index (χ1v) is 15.3. The van der Waals surface area contributed by atoms with Gasteiger partial charge in [-0.15, -0.1) is 0 Å². The second-order valence-electron chi connectivity index (χ2n) is 9.66. The van der Waals surface area contributed by atoms with Gasteiger partial charge < -0.3 is 10.2 Å². The van der Waals surface area contributed by atoms with Gasteiger partial charge in [0.2, 0.25) is 11.8 Å². The summed E-state index contributed by atoms with van der Waals surface area (Å²) in [5.41, 5.74) is 3.41. The molecule has 0 fully saturated rings. The molecule has 3 rings (SSSR count). The highest BCUT2D eigenvalue weighted by Gasteiger charge is 2.34. The number of likely N-dealkylation sites (N-methyl/N-ethyl adjacent to an activating group) is 1. The van der Waals surface area contributed by atoms with Crippen LogP contribution in [0, 0.1) is 20.8 Å². The van der Waals surface area contributed by atoms with E-state index in [1.165, 1.54) is 17.0 Å². The fourth-order valence-corrected chi connectivity index (χ4v) is 6.50. The summed E-state index contributed by atoms with van der Waals surface area (Å²) in [6, 6.07) is 16.0. The summed E-state index contributed by atoms with van der Waals surface area (Å²) in [5.74, 6) is -0.911. The van der Waals surface area contributed by atoms with Crippen LogP contribution in [0.1, 0.15) is 42.5 Å². The highest BCUT2D eigenvalue weighted by molar-refractivity contribution is 7.92. The molecular weight excluding hydrogens is 569 g/mol. The Morgan fingerprint density at radius 1 is 0.900 bits per heavy atom. The van der Waals surface area contributed by atoms with E-state index < -0.39 is 28.5 Å². The maximum atomic E-state index is 14.1. The standard InChI is InChI=1S/C30H35Cl2N3O4S/c1-6-27(30(37)33-7-2)34(18-24-25(31)9-8-10-26(24)32)29(36)19-35(28-16-13-21(4)17-22(28)5)40(38,39)23-14-11-20(3)12-15-23/h8-17,27H,6-7,18-19H2,1-5H3,(H,33,37). The Bertz CT molecular complexity index is 1460. The van der Waals surface area contributed by atoms with Crippen LogP contribution in [0.4, 0.5) is 5.69 Å². The van der Waals surface area contributed by atoms with Crippen molar-refractivity contribution in [1.29, 1.82) is 0 Å². The van der Waals surface area contributed by atoms with Gasteiger partial charge >= 0.3 is 0 Å². The molecule has 0 heterocycles. The maximum Gasteiger partial charge on any atom is 0.264 e. The molecule has 1 unspecified atom stereocenters. The summed E-state index contributed by atoms with van der Waals surface area (Å²) in [7, 11) is -4.15. The molecule has 0 aliphatic carbocycles. The average molecular weight is 605 g/mol. The highest BCUT2D eigenvalue weighted by Crippen LogP contribution is 2.30. The summed E-state index contributed by atoms with van der Waals surface area (Å²) < 4.78 is 29.1. The maximum absolute atomic E-state index is 14.1. The molecule has 0 aliphatic rings. The number of amides is 2. The lowest BCUT2D eigenvalue weighted by molar-refractivity contribution is -0.140. The molecule has 10 heteroatoms. The average Bonchev–Trinajstić information content (AvgIpc) is 2.89. The SMILES string of the molecule is CCNC(=O)C(CC)N(Cc1c(Cl)cccc1Cl)C(=O)CN(c1ccc(C)cc1C)S(=O)(=O)c1ccc(C)cc1. The number of nitrogens with one attached hydrogen (secondary N) is 1. The van der Waals surface area contributed by atoms with Gasteiger partial charge in [-0.25, -0.2) is 8.42 Å². The minimum Gasteiger partial charge on any atom is -0.355 e. The smallest absolute Gasteiger partial charge is 0.264 e. The van der Waals surface area contributed by atoms with Gasteiger partial charge in [-0.3, -0.25) is 13.9 Å². The molecule has 40 heavy (non-hydrogen) atoms. The third kappa shape index (κ3) is 7.16. The van der Waals surface area contributed by atoms with Crippen molar-refractivity contribution in [3.63, 3.8) is 0 Å². The minimum absolute atomic E-state index is 0.0577. The van der Waals surface area contributed by atoms with Crippen LogP contribution in [0.15, 0.2) is 65.6 Å². The van der Waals surface area contributed by atoms with Crippen LogP contribution in [0.25, 0.3) is 0 Å². The summed E-state index contributed by atoms with van der Waals surface area (Å²) in [6.45, 7) is 8.93. The summed E-state index contributed by atoms with van der Waals surface area (Å²) in [4.78, 5) is 28.6. The van der Waals surface area contributed by atoms with Crippen LogP contribution < -0.4 is 9.62 Å². The molecule has 1 atom stereocenters. The number of sulfonamides is 1. The van der Waals surface area contributed by atoms with Gasteiger partial charge in [0.25, 0.3) is 10.0 Å². The predicted octanol–water partition coefficient (Wildman–Crippen LogP) is 6.06. The summed E-state index contributed by atoms with van der Waals surface area (Å²) in [6.07, 6.45) is 0.300. The van der Waals surface area contributed by atoms with Gasteiger partial charge in [0.05, 0.1) is 10.6 Å². The van der Waals surface area contributed by atoms with E-state index in [1.807, 2.05) is 19.9 Å². The van der Waals surface area contributed by atoms with Crippen molar-refractivity contribution in [2.75, 3.05) is 17.4 Å². The molecular formula is C30H35Cl2N3O4S. The zero-order valence-corrected chi connectivity index (χ0v) is 25.7. The molecule has 2 amide bonds. The molecule has 1 N–H and O–H groups in total. The van der Waals surface area contributed by atoms with Crippen LogP contribution >= 0.6 is 23.2 Å². The van der Waals surface area contributed by atoms with E-state index in [2.05, 4.69) is 5.32 Å². The van der Waals surface area contributed by atoms with Crippen molar-refractivity contribution in [1.82, 2.24) is 10.2 Å². The third-order valence-electron chi connectivity index (χ3n) is 6.64. The molecule has 3 aromatic rings. The molecule has 3 aromatic carbocycles. The van der Waals surface area contributed by atoms with Crippen molar-refractivity contribution >= 4 is 50.7 Å². The topological polar surface area (TPSA) is 86.8 Å². The minimum atomic E-state index is -4.15. The van der Waals surface area contributed by atoms with Crippen LogP contribution in [0.5, 0.6) is 0 Å². The van der Waals surface area contributed by atoms with E-state index in [-0.39, 0.29) is 17.3 Å². The van der Waals surface area contributed by atoms with Crippen molar-refractivity contribution in [3.05, 3.63) is 93.0 Å². The Morgan fingerprint density at radius 2 is 1.50 bits per heavy atom. The number of hydrogen-bond acceptors (Lipinski definition) is 4. The van der Waals surface area contributed by atoms with E-state index in [0.717, 1.165) is 15.4 Å². The first kappa shape index (κ1) is 31.5. The van der Waals surface area contributed by atoms with E-state index in [0.29, 0.717) is 39.8 Å². The first-order chi connectivity index (χ1) is 18.9. The fourth-order valence-electron chi connectivity index (χ4n) is 4.50. The predicted molar refractivity (Wildman–Crippen MR) is 161 cm³/mol. The molecule has 0 bridgehead atoms. The quantitative estimate of drug-likeness (QED) is 0.289. The number of benzene rings is 3. The molecule has 214 valence electrons. The number of nitrogens with zero attached hydrogens (tertiary/aromatic N) is 2. The zero-order valence-electron chi connectivity index (χ0n) is 23.4. The van der Waals surface area contributed by atoms with Gasteiger partial charge in [0.15, 0.2) is 0 Å². The molecule has 0 saturated carbocycles. The molecule has 0 saturated heterocycles. The number of halogens is 2. The lowest BCUT2D eigenvalue weighted by Crippen LogP contribution is -2.52. The van der Waals surface area contributed by atoms with Crippen molar-refractivity contribution in [3.8, 4) is 0 Å². The van der Waals surface area contributed by atoms with Crippen molar-refractivity contribution in [2.45, 2.75) is 58.5 Å². The molecule has 7 nitrogen and oxygen atoms in total. The summed E-state index contributed by atoms with van der Waals surface area (Å²) in [5, 5.41) is 3.46. The molecule has 0 spiro atoms. The lowest BCUT2D eigenvalue weighted by Gasteiger charge is -2.34. The molecule has 0 radical (unpaired) electrons. The Balaban J connectivity index is 2.13. The van der Waals surface area contributed by atoms with E-state index in [9.17, 15) is 18.0 Å². The second kappa shape index (κ2) is 13.5. The Morgan fingerprint density at radius 3 is 2.05 bits per heavy atom. The highest BCUT2D eigenvalue weighted by atomic mass is 35.5. The normalized spacial score (nSPS) is 12.1. The van der Waals surface area contributed by atoms with Crippen LogP contribution in [0.2, 0.25) is 10.0 Å². The number of rotatable bonds is 11. The van der Waals surface area contributed by atoms with E-state index >= 15 is 0 Å².